The molecule has 3 aromatic rings. The Labute approximate surface area is 143 Å². The average Bonchev–Trinajstić information content (AvgIpc) is 2.60. The van der Waals surface area contributed by atoms with Crippen molar-refractivity contribution in [2.24, 2.45) is 0 Å². The summed E-state index contributed by atoms with van der Waals surface area (Å²) in [5.41, 5.74) is 3.03. The number of nitrogens with one attached hydrogen (secondary N) is 1. The summed E-state index contributed by atoms with van der Waals surface area (Å²) in [4.78, 5) is 26.6. The van der Waals surface area contributed by atoms with Crippen molar-refractivity contribution in [3.05, 3.63) is 81.7 Å². The number of benzene rings is 1. The van der Waals surface area contributed by atoms with E-state index in [4.69, 9.17) is 6.57 Å². The van der Waals surface area contributed by atoms with Gasteiger partial charge in [-0.2, -0.15) is 0 Å². The van der Waals surface area contributed by atoms with E-state index >= 15 is 0 Å². The van der Waals surface area contributed by atoms with E-state index in [0.29, 0.717) is 22.2 Å². The maximum Gasteiger partial charge on any atom is 0.276 e. The van der Waals surface area contributed by atoms with Crippen molar-refractivity contribution in [1.82, 2.24) is 15.0 Å². The Kier molecular flexibility index (Phi) is 4.73. The van der Waals surface area contributed by atoms with Gasteiger partial charge < -0.3 is 4.98 Å². The van der Waals surface area contributed by atoms with Crippen LogP contribution in [0.3, 0.4) is 0 Å². The maximum atomic E-state index is 12.2. The molecule has 1 aromatic carbocycles. The molecular weight excluding hydrogens is 320 g/mol. The van der Waals surface area contributed by atoms with Gasteiger partial charge in [0, 0.05) is 18.1 Å². The SMILES string of the molecule is [C-]#[N+]c1c(-c2ccncc2)nc(SCc2cccc(C)c2)[nH]c1=O. The third kappa shape index (κ3) is 3.53. The Balaban J connectivity index is 1.94. The lowest BCUT2D eigenvalue weighted by molar-refractivity contribution is 0.948. The van der Waals surface area contributed by atoms with Gasteiger partial charge in [-0.05, 0) is 30.2 Å². The summed E-state index contributed by atoms with van der Waals surface area (Å²) in [7, 11) is 0. The largest absolute Gasteiger partial charge is 0.311 e. The van der Waals surface area contributed by atoms with Crippen LogP contribution in [0.2, 0.25) is 0 Å². The first kappa shape index (κ1) is 16.0. The van der Waals surface area contributed by atoms with Crippen molar-refractivity contribution in [3.63, 3.8) is 0 Å². The van der Waals surface area contributed by atoms with Crippen LogP contribution in [0.15, 0.2) is 58.7 Å². The molecule has 0 radical (unpaired) electrons. The van der Waals surface area contributed by atoms with Crippen LogP contribution in [0.25, 0.3) is 16.1 Å². The van der Waals surface area contributed by atoms with Gasteiger partial charge in [-0.15, -0.1) is 0 Å². The van der Waals surface area contributed by atoms with Crippen molar-refractivity contribution in [3.8, 4) is 11.3 Å². The number of pyridine rings is 1. The lowest BCUT2D eigenvalue weighted by atomic mass is 10.2. The second-order valence-corrected chi connectivity index (χ2v) is 6.16. The molecule has 0 saturated heterocycles. The van der Waals surface area contributed by atoms with Gasteiger partial charge >= 0.3 is 0 Å². The standard InChI is InChI=1S/C18H14N4OS/c1-12-4-3-5-13(10-12)11-24-18-21-15(14-6-8-20-9-7-14)16(19-2)17(23)22-18/h3-10H,11H2,1H3,(H,21,22,23). The van der Waals surface area contributed by atoms with Crippen molar-refractivity contribution >= 4 is 17.4 Å². The molecule has 2 aromatic heterocycles. The van der Waals surface area contributed by atoms with Crippen LogP contribution in [-0.4, -0.2) is 15.0 Å². The molecular formula is C18H14N4OS. The molecule has 2 heterocycles. The highest BCUT2D eigenvalue weighted by Crippen LogP contribution is 2.27. The quantitative estimate of drug-likeness (QED) is 0.445. The zero-order valence-electron chi connectivity index (χ0n) is 13.0. The summed E-state index contributed by atoms with van der Waals surface area (Å²) >= 11 is 1.44. The third-order valence-corrected chi connectivity index (χ3v) is 4.34. The number of rotatable bonds is 4. The summed E-state index contributed by atoms with van der Waals surface area (Å²) in [5.74, 6) is 0.692. The molecule has 0 amide bonds. The molecule has 0 aliphatic carbocycles. The monoisotopic (exact) mass is 334 g/mol. The van der Waals surface area contributed by atoms with Gasteiger partial charge in [-0.25, -0.2) is 9.83 Å². The van der Waals surface area contributed by atoms with E-state index < -0.39 is 5.56 Å². The van der Waals surface area contributed by atoms with Crippen molar-refractivity contribution < 1.29 is 0 Å². The lowest BCUT2D eigenvalue weighted by Crippen LogP contribution is -2.09. The van der Waals surface area contributed by atoms with Crippen LogP contribution >= 0.6 is 11.8 Å². The molecule has 0 aliphatic heterocycles. The molecule has 5 nitrogen and oxygen atoms in total. The number of aromatic nitrogens is 3. The summed E-state index contributed by atoms with van der Waals surface area (Å²) in [6.45, 7) is 9.29. The topological polar surface area (TPSA) is 63.0 Å². The smallest absolute Gasteiger partial charge is 0.276 e. The Morgan fingerprint density at radius 3 is 2.75 bits per heavy atom. The van der Waals surface area contributed by atoms with E-state index in [0.717, 1.165) is 5.56 Å². The maximum absolute atomic E-state index is 12.2. The highest BCUT2D eigenvalue weighted by Gasteiger charge is 2.14. The molecule has 0 spiro atoms. The van der Waals surface area contributed by atoms with Crippen LogP contribution in [0.5, 0.6) is 0 Å². The first-order chi connectivity index (χ1) is 11.7. The molecule has 1 N–H and O–H groups in total. The highest BCUT2D eigenvalue weighted by atomic mass is 32.2. The van der Waals surface area contributed by atoms with Crippen LogP contribution in [0, 0.1) is 13.5 Å². The predicted molar refractivity (Wildman–Crippen MR) is 95.1 cm³/mol. The molecule has 6 heteroatoms. The van der Waals surface area contributed by atoms with Gasteiger partial charge in [0.15, 0.2) is 5.16 Å². The summed E-state index contributed by atoms with van der Waals surface area (Å²) in [6, 6.07) is 11.7. The Hall–Kier alpha value is -2.91. The van der Waals surface area contributed by atoms with Gasteiger partial charge in [0.05, 0.1) is 12.3 Å². The molecule has 3 rings (SSSR count). The third-order valence-electron chi connectivity index (χ3n) is 3.40. The van der Waals surface area contributed by atoms with Crippen molar-refractivity contribution in [2.45, 2.75) is 17.8 Å². The Bertz CT molecular complexity index is 961. The van der Waals surface area contributed by atoms with Crippen molar-refractivity contribution in [1.29, 1.82) is 0 Å². The zero-order valence-corrected chi connectivity index (χ0v) is 13.8. The van der Waals surface area contributed by atoms with Crippen molar-refractivity contribution in [2.75, 3.05) is 0 Å². The second kappa shape index (κ2) is 7.11. The number of thioether (sulfide) groups is 1. The minimum absolute atomic E-state index is 0.00102. The van der Waals surface area contributed by atoms with Gasteiger partial charge in [-0.3, -0.25) is 9.78 Å². The van der Waals surface area contributed by atoms with E-state index in [1.165, 1.54) is 17.3 Å². The van der Waals surface area contributed by atoms with E-state index in [1.54, 1.807) is 24.5 Å². The summed E-state index contributed by atoms with van der Waals surface area (Å²) in [5, 5.41) is 0.501. The minimum atomic E-state index is -0.418. The number of aryl methyl sites for hydroxylation is 1. The van der Waals surface area contributed by atoms with Crippen LogP contribution in [0.4, 0.5) is 5.69 Å². The highest BCUT2D eigenvalue weighted by molar-refractivity contribution is 7.98. The van der Waals surface area contributed by atoms with E-state index in [2.05, 4.69) is 25.9 Å². The number of aromatic amines is 1. The Morgan fingerprint density at radius 1 is 1.25 bits per heavy atom. The van der Waals surface area contributed by atoms with Crippen LogP contribution in [-0.2, 0) is 5.75 Å². The number of hydrogen-bond donors (Lipinski definition) is 1. The second-order valence-electron chi connectivity index (χ2n) is 5.19. The lowest BCUT2D eigenvalue weighted by Gasteiger charge is -2.07. The average molecular weight is 334 g/mol. The first-order valence-electron chi connectivity index (χ1n) is 7.28. The van der Waals surface area contributed by atoms with Crippen LogP contribution in [0.1, 0.15) is 11.1 Å². The molecule has 24 heavy (non-hydrogen) atoms. The van der Waals surface area contributed by atoms with Gasteiger partial charge in [0.1, 0.15) is 0 Å². The molecule has 0 aliphatic rings. The fourth-order valence-corrected chi connectivity index (χ4v) is 3.09. The fraction of sp³-hybridized carbons (Fsp3) is 0.111. The predicted octanol–water partition coefficient (Wildman–Crippen LogP) is 3.98. The van der Waals surface area contributed by atoms with E-state index in [9.17, 15) is 4.79 Å². The van der Waals surface area contributed by atoms with E-state index in [-0.39, 0.29) is 5.69 Å². The normalized spacial score (nSPS) is 10.3. The Morgan fingerprint density at radius 2 is 2.04 bits per heavy atom. The van der Waals surface area contributed by atoms with Gasteiger partial charge in [0.25, 0.3) is 11.2 Å². The number of nitrogens with zero attached hydrogens (tertiary/aromatic N) is 3. The molecule has 0 atom stereocenters. The minimum Gasteiger partial charge on any atom is -0.311 e. The zero-order chi connectivity index (χ0) is 16.9. The van der Waals surface area contributed by atoms with E-state index in [1.807, 2.05) is 25.1 Å². The number of hydrogen-bond acceptors (Lipinski definition) is 4. The summed E-state index contributed by atoms with van der Waals surface area (Å²) < 4.78 is 0. The van der Waals surface area contributed by atoms with Gasteiger partial charge in [0.2, 0.25) is 0 Å². The first-order valence-corrected chi connectivity index (χ1v) is 8.26. The number of H-pyrrole nitrogens is 1. The molecule has 118 valence electrons. The molecule has 0 fully saturated rings. The fourth-order valence-electron chi connectivity index (χ4n) is 2.28. The van der Waals surface area contributed by atoms with Gasteiger partial charge in [-0.1, -0.05) is 41.6 Å². The molecule has 0 unspecified atom stereocenters. The molecule has 0 bridgehead atoms. The molecule has 0 saturated carbocycles. The summed E-state index contributed by atoms with van der Waals surface area (Å²) in [6.07, 6.45) is 3.23. The van der Waals surface area contributed by atoms with Crippen LogP contribution < -0.4 is 5.56 Å².